The molecule has 0 aliphatic rings. The van der Waals surface area contributed by atoms with E-state index in [9.17, 15) is 9.90 Å². The fourth-order valence-electron chi connectivity index (χ4n) is 1.36. The molecule has 4 heteroatoms. The van der Waals surface area contributed by atoms with Crippen molar-refractivity contribution in [3.8, 4) is 0 Å². The molecule has 0 amide bonds. The summed E-state index contributed by atoms with van der Waals surface area (Å²) in [5.74, 6) is -0.305. The van der Waals surface area contributed by atoms with Crippen LogP contribution >= 0.6 is 0 Å². The van der Waals surface area contributed by atoms with Gasteiger partial charge in [-0.2, -0.15) is 0 Å². The molecular formula is C13H18O4. The quantitative estimate of drug-likeness (QED) is 0.576. The van der Waals surface area contributed by atoms with Crippen LogP contribution in [0.1, 0.15) is 29.8 Å². The molecule has 1 aromatic rings. The summed E-state index contributed by atoms with van der Waals surface area (Å²) in [5.41, 5.74) is 0.0451. The van der Waals surface area contributed by atoms with Gasteiger partial charge in [0.25, 0.3) is 0 Å². The lowest BCUT2D eigenvalue weighted by atomic mass is 9.96. The summed E-state index contributed by atoms with van der Waals surface area (Å²) < 4.78 is 5.15. The van der Waals surface area contributed by atoms with Gasteiger partial charge in [-0.3, -0.25) is 4.79 Å². The van der Waals surface area contributed by atoms with Crippen LogP contribution in [0.15, 0.2) is 24.3 Å². The van der Waals surface area contributed by atoms with Crippen LogP contribution in [0, 0.1) is 0 Å². The highest BCUT2D eigenvalue weighted by Crippen LogP contribution is 2.13. The Morgan fingerprint density at radius 2 is 1.88 bits per heavy atom. The third-order valence-corrected chi connectivity index (χ3v) is 2.28. The van der Waals surface area contributed by atoms with Gasteiger partial charge in [-0.15, -0.1) is 0 Å². The van der Waals surface area contributed by atoms with Crippen molar-refractivity contribution >= 4 is 5.78 Å². The Bertz CT molecular complexity index is 362. The fraction of sp³-hybridized carbons (Fsp3) is 0.462. The molecule has 0 bridgehead atoms. The lowest BCUT2D eigenvalue weighted by Gasteiger charge is -2.15. The second-order valence-electron chi connectivity index (χ2n) is 4.36. The standard InChI is InChI=1S/C13H18O4/c1-13(2,16)12(15)11-5-3-10(4-6-11)9-17-8-7-14/h3-6,14,16H,7-9H2,1-2H3. The molecule has 0 fully saturated rings. The first-order chi connectivity index (χ1) is 7.95. The first-order valence-electron chi connectivity index (χ1n) is 5.50. The zero-order chi connectivity index (χ0) is 12.9. The number of ether oxygens (including phenoxy) is 1. The summed E-state index contributed by atoms with van der Waals surface area (Å²) >= 11 is 0. The Balaban J connectivity index is 2.65. The first-order valence-corrected chi connectivity index (χ1v) is 5.50. The minimum absolute atomic E-state index is 0.00469. The predicted octanol–water partition coefficient (Wildman–Crippen LogP) is 1.15. The van der Waals surface area contributed by atoms with Crippen molar-refractivity contribution in [2.24, 2.45) is 0 Å². The summed E-state index contributed by atoms with van der Waals surface area (Å²) in [6.07, 6.45) is 0. The Labute approximate surface area is 101 Å². The number of aliphatic hydroxyl groups is 2. The van der Waals surface area contributed by atoms with Gasteiger partial charge in [-0.05, 0) is 19.4 Å². The average Bonchev–Trinajstić information content (AvgIpc) is 2.28. The molecule has 1 aromatic carbocycles. The zero-order valence-corrected chi connectivity index (χ0v) is 10.1. The maximum Gasteiger partial charge on any atom is 0.193 e. The number of benzene rings is 1. The Morgan fingerprint density at radius 1 is 1.29 bits per heavy atom. The van der Waals surface area contributed by atoms with Gasteiger partial charge in [0.2, 0.25) is 0 Å². The smallest absolute Gasteiger partial charge is 0.193 e. The summed E-state index contributed by atoms with van der Waals surface area (Å²) in [4.78, 5) is 11.7. The summed E-state index contributed by atoms with van der Waals surface area (Å²) in [6, 6.07) is 6.88. The minimum atomic E-state index is -1.35. The normalized spacial score (nSPS) is 11.5. The molecule has 0 radical (unpaired) electrons. The number of aliphatic hydroxyl groups excluding tert-OH is 1. The van der Waals surface area contributed by atoms with E-state index >= 15 is 0 Å². The maximum atomic E-state index is 11.7. The van der Waals surface area contributed by atoms with Gasteiger partial charge in [0.05, 0.1) is 19.8 Å². The van der Waals surface area contributed by atoms with E-state index in [0.29, 0.717) is 18.8 Å². The van der Waals surface area contributed by atoms with Crippen LogP contribution < -0.4 is 0 Å². The molecule has 0 aromatic heterocycles. The number of carbonyl (C=O) groups is 1. The van der Waals surface area contributed by atoms with Crippen molar-refractivity contribution in [2.75, 3.05) is 13.2 Å². The van der Waals surface area contributed by atoms with E-state index in [1.165, 1.54) is 13.8 Å². The summed E-state index contributed by atoms with van der Waals surface area (Å²) in [6.45, 7) is 3.62. The van der Waals surface area contributed by atoms with Crippen LogP contribution in [0.25, 0.3) is 0 Å². The number of carbonyl (C=O) groups excluding carboxylic acids is 1. The van der Waals surface area contributed by atoms with E-state index in [1.807, 2.05) is 0 Å². The largest absolute Gasteiger partial charge is 0.394 e. The van der Waals surface area contributed by atoms with Gasteiger partial charge >= 0.3 is 0 Å². The van der Waals surface area contributed by atoms with Gasteiger partial charge < -0.3 is 14.9 Å². The molecule has 0 unspecified atom stereocenters. The van der Waals surface area contributed by atoms with E-state index in [-0.39, 0.29) is 12.4 Å². The lowest BCUT2D eigenvalue weighted by molar-refractivity contribution is 0.0488. The molecule has 0 atom stereocenters. The molecule has 0 aliphatic carbocycles. The fourth-order valence-corrected chi connectivity index (χ4v) is 1.36. The first kappa shape index (κ1) is 13.8. The predicted molar refractivity (Wildman–Crippen MR) is 63.8 cm³/mol. The number of ketones is 1. The van der Waals surface area contributed by atoms with Crippen LogP contribution in [0.3, 0.4) is 0 Å². The van der Waals surface area contributed by atoms with Crippen LogP contribution in [-0.4, -0.2) is 34.8 Å². The molecule has 0 heterocycles. The van der Waals surface area contributed by atoms with Crippen LogP contribution in [0.5, 0.6) is 0 Å². The SMILES string of the molecule is CC(C)(O)C(=O)c1ccc(COCCO)cc1. The monoisotopic (exact) mass is 238 g/mol. The molecule has 94 valence electrons. The summed E-state index contributed by atoms with van der Waals surface area (Å²) in [7, 11) is 0. The van der Waals surface area contributed by atoms with Crippen LogP contribution in [-0.2, 0) is 11.3 Å². The van der Waals surface area contributed by atoms with Crippen molar-refractivity contribution in [1.29, 1.82) is 0 Å². The van der Waals surface area contributed by atoms with Gasteiger partial charge in [-0.25, -0.2) is 0 Å². The molecule has 1 rings (SSSR count). The highest BCUT2D eigenvalue weighted by molar-refractivity contribution is 6.01. The summed E-state index contributed by atoms with van der Waals surface area (Å²) in [5, 5.41) is 18.1. The van der Waals surface area contributed by atoms with Gasteiger partial charge in [0.15, 0.2) is 5.78 Å². The molecule has 2 N–H and O–H groups in total. The molecule has 0 saturated heterocycles. The van der Waals surface area contributed by atoms with Crippen molar-refractivity contribution in [2.45, 2.75) is 26.1 Å². The third kappa shape index (κ3) is 4.26. The molecule has 0 saturated carbocycles. The topological polar surface area (TPSA) is 66.8 Å². The van der Waals surface area contributed by atoms with E-state index in [2.05, 4.69) is 0 Å². The highest BCUT2D eigenvalue weighted by Gasteiger charge is 2.24. The van der Waals surface area contributed by atoms with Crippen LogP contribution in [0.2, 0.25) is 0 Å². The molecule has 0 aliphatic heterocycles. The van der Waals surface area contributed by atoms with Crippen molar-refractivity contribution in [3.05, 3.63) is 35.4 Å². The van der Waals surface area contributed by atoms with Crippen LogP contribution in [0.4, 0.5) is 0 Å². The number of rotatable bonds is 6. The zero-order valence-electron chi connectivity index (χ0n) is 10.1. The second kappa shape index (κ2) is 5.91. The lowest BCUT2D eigenvalue weighted by Crippen LogP contribution is -2.31. The van der Waals surface area contributed by atoms with Gasteiger partial charge in [0.1, 0.15) is 5.60 Å². The van der Waals surface area contributed by atoms with E-state index in [4.69, 9.17) is 9.84 Å². The van der Waals surface area contributed by atoms with Crippen molar-refractivity contribution in [3.63, 3.8) is 0 Å². The Hall–Kier alpha value is -1.23. The van der Waals surface area contributed by atoms with Crippen molar-refractivity contribution < 1.29 is 19.7 Å². The number of hydrogen-bond acceptors (Lipinski definition) is 4. The van der Waals surface area contributed by atoms with E-state index in [0.717, 1.165) is 5.56 Å². The minimum Gasteiger partial charge on any atom is -0.394 e. The van der Waals surface area contributed by atoms with Gasteiger partial charge in [-0.1, -0.05) is 24.3 Å². The number of Topliss-reactive ketones (excluding diaryl/α,β-unsaturated/α-hetero) is 1. The molecular weight excluding hydrogens is 220 g/mol. The second-order valence-corrected chi connectivity index (χ2v) is 4.36. The molecule has 0 spiro atoms. The highest BCUT2D eigenvalue weighted by atomic mass is 16.5. The third-order valence-electron chi connectivity index (χ3n) is 2.28. The van der Waals surface area contributed by atoms with E-state index in [1.54, 1.807) is 24.3 Å². The number of hydrogen-bond donors (Lipinski definition) is 2. The van der Waals surface area contributed by atoms with Gasteiger partial charge in [0, 0.05) is 5.56 Å². The average molecular weight is 238 g/mol. The molecule has 17 heavy (non-hydrogen) atoms. The Kier molecular flexibility index (Phi) is 4.81. The van der Waals surface area contributed by atoms with E-state index < -0.39 is 5.60 Å². The van der Waals surface area contributed by atoms with Crippen molar-refractivity contribution in [1.82, 2.24) is 0 Å². The maximum absolute atomic E-state index is 11.7. The Morgan fingerprint density at radius 3 is 2.35 bits per heavy atom. The molecule has 4 nitrogen and oxygen atoms in total.